The highest BCUT2D eigenvalue weighted by Gasteiger charge is 2.37. The summed E-state index contributed by atoms with van der Waals surface area (Å²) < 4.78 is 0. The first-order valence-electron chi connectivity index (χ1n) is 27.3. The summed E-state index contributed by atoms with van der Waals surface area (Å²) in [6.45, 7) is 7.01. The summed E-state index contributed by atoms with van der Waals surface area (Å²) in [7, 11) is 0. The highest BCUT2D eigenvalue weighted by atomic mass is 15.1. The first kappa shape index (κ1) is 47.0. The van der Waals surface area contributed by atoms with E-state index in [1.165, 1.54) is 126 Å². The summed E-state index contributed by atoms with van der Waals surface area (Å²) in [6, 6.07) is 94.6. The van der Waals surface area contributed by atoms with E-state index in [1.54, 1.807) is 0 Å². The quantitative estimate of drug-likeness (QED) is 0.127. The van der Waals surface area contributed by atoms with E-state index in [1.807, 2.05) is 0 Å². The van der Waals surface area contributed by atoms with Crippen molar-refractivity contribution >= 4 is 44.9 Å². The molecule has 11 aromatic rings. The maximum Gasteiger partial charge on any atom is 0.0546 e. The normalized spacial score (nSPS) is 13.8. The number of hydrogen-bond acceptors (Lipinski definition) is 2. The van der Waals surface area contributed by atoms with Gasteiger partial charge in [0.25, 0.3) is 0 Å². The lowest BCUT2D eigenvalue weighted by atomic mass is 9.82. The zero-order chi connectivity index (χ0) is 51.2. The minimum atomic E-state index is -0.147. The van der Waals surface area contributed by atoms with Crippen molar-refractivity contribution < 1.29 is 0 Å². The molecular formula is C74H62N2. The van der Waals surface area contributed by atoms with Crippen LogP contribution in [0.25, 0.3) is 66.4 Å². The summed E-state index contributed by atoms with van der Waals surface area (Å²) in [5.41, 5.74) is 24.5. The fourth-order valence-electron chi connectivity index (χ4n) is 12.5. The molecule has 0 saturated heterocycles. The molecule has 2 aliphatic rings. The molecule has 0 amide bonds. The van der Waals surface area contributed by atoms with Crippen molar-refractivity contribution in [3.63, 3.8) is 0 Å². The van der Waals surface area contributed by atoms with Crippen LogP contribution in [0, 0.1) is 6.92 Å². The van der Waals surface area contributed by atoms with Gasteiger partial charge in [-0.3, -0.25) is 0 Å². The number of anilines is 6. The number of rotatable bonds is 11. The van der Waals surface area contributed by atoms with Gasteiger partial charge in [-0.1, -0.05) is 215 Å². The van der Waals surface area contributed by atoms with Gasteiger partial charge in [-0.15, -0.1) is 0 Å². The predicted octanol–water partition coefficient (Wildman–Crippen LogP) is 21.1. The lowest BCUT2D eigenvalue weighted by molar-refractivity contribution is 0.443. The summed E-state index contributed by atoms with van der Waals surface area (Å²) in [5, 5.41) is 2.43. The van der Waals surface area contributed by atoms with Crippen molar-refractivity contribution in [2.45, 2.75) is 64.2 Å². The molecule has 0 radical (unpaired) electrons. The van der Waals surface area contributed by atoms with Crippen molar-refractivity contribution in [2.75, 3.05) is 9.80 Å². The second-order valence-electron chi connectivity index (χ2n) is 21.6. The molecule has 1 saturated carbocycles. The summed E-state index contributed by atoms with van der Waals surface area (Å²) in [6.07, 6.45) is 6.68. The Labute approximate surface area is 449 Å². The maximum atomic E-state index is 2.49. The van der Waals surface area contributed by atoms with Gasteiger partial charge >= 0.3 is 0 Å². The zero-order valence-electron chi connectivity index (χ0n) is 43.8. The number of aryl methyl sites for hydroxylation is 1. The van der Waals surface area contributed by atoms with Crippen LogP contribution in [0.15, 0.2) is 255 Å². The van der Waals surface area contributed by atoms with Crippen molar-refractivity contribution in [3.05, 3.63) is 277 Å². The molecule has 0 aromatic heterocycles. The Morgan fingerprint density at radius 3 is 1.47 bits per heavy atom. The molecule has 2 nitrogen and oxygen atoms in total. The van der Waals surface area contributed by atoms with Crippen LogP contribution >= 0.6 is 0 Å². The monoisotopic (exact) mass is 978 g/mol. The molecule has 1 fully saturated rings. The van der Waals surface area contributed by atoms with Gasteiger partial charge in [0.15, 0.2) is 0 Å². The topological polar surface area (TPSA) is 6.48 Å². The Kier molecular flexibility index (Phi) is 12.3. The van der Waals surface area contributed by atoms with Gasteiger partial charge in [0, 0.05) is 39.4 Å². The van der Waals surface area contributed by atoms with Gasteiger partial charge in [-0.2, -0.15) is 0 Å². The van der Waals surface area contributed by atoms with Crippen LogP contribution in [-0.2, 0) is 5.41 Å². The molecule has 13 rings (SSSR count). The van der Waals surface area contributed by atoms with Gasteiger partial charge in [-0.05, 0) is 182 Å². The van der Waals surface area contributed by atoms with E-state index in [9.17, 15) is 0 Å². The molecule has 0 aliphatic heterocycles. The molecule has 2 heteroatoms. The smallest absolute Gasteiger partial charge is 0.0546 e. The molecule has 0 unspecified atom stereocenters. The van der Waals surface area contributed by atoms with Gasteiger partial charge in [0.2, 0.25) is 0 Å². The minimum Gasteiger partial charge on any atom is -0.311 e. The average molecular weight is 979 g/mol. The van der Waals surface area contributed by atoms with Gasteiger partial charge in [0.05, 0.1) is 5.69 Å². The molecule has 76 heavy (non-hydrogen) atoms. The second-order valence-corrected chi connectivity index (χ2v) is 21.6. The highest BCUT2D eigenvalue weighted by molar-refractivity contribution is 5.99. The van der Waals surface area contributed by atoms with Crippen molar-refractivity contribution in [3.8, 4) is 55.6 Å². The van der Waals surface area contributed by atoms with Crippen molar-refractivity contribution in [1.82, 2.24) is 0 Å². The molecular weight excluding hydrogens is 917 g/mol. The Hall–Kier alpha value is -8.72. The molecule has 368 valence electrons. The predicted molar refractivity (Wildman–Crippen MR) is 323 cm³/mol. The number of benzene rings is 11. The van der Waals surface area contributed by atoms with Crippen LogP contribution in [0.4, 0.5) is 34.1 Å². The van der Waals surface area contributed by atoms with Crippen LogP contribution in [0.5, 0.6) is 0 Å². The number of fused-ring (bicyclic) bond motifs is 4. The number of para-hydroxylation sites is 1. The summed E-state index contributed by atoms with van der Waals surface area (Å²) in [5.74, 6) is 0.690. The summed E-state index contributed by atoms with van der Waals surface area (Å²) in [4.78, 5) is 4.86. The molecule has 0 N–H and O–H groups in total. The lowest BCUT2D eigenvalue weighted by Crippen LogP contribution is -2.17. The van der Waals surface area contributed by atoms with E-state index >= 15 is 0 Å². The van der Waals surface area contributed by atoms with E-state index in [4.69, 9.17) is 0 Å². The van der Waals surface area contributed by atoms with Gasteiger partial charge in [-0.25, -0.2) is 0 Å². The largest absolute Gasteiger partial charge is 0.311 e. The third kappa shape index (κ3) is 8.78. The van der Waals surface area contributed by atoms with Gasteiger partial charge < -0.3 is 9.80 Å². The van der Waals surface area contributed by atoms with E-state index in [0.717, 1.165) is 28.4 Å². The van der Waals surface area contributed by atoms with Crippen molar-refractivity contribution in [2.24, 2.45) is 0 Å². The number of nitrogens with zero attached hydrogens (tertiary/aromatic N) is 2. The maximum absolute atomic E-state index is 2.49. The SMILES string of the molecule is Cc1cccc2c1-c1ccc(N(c3cccc(-c4ccc(-c5ccc(-c6ccc(N(c7ccccc7)c7ccc(C8CCCCC8)cc7)cc6)cc5)cc4)c3)c3cc4ccccc4cc3-c3ccccc3)cc1C2(C)C. The second kappa shape index (κ2) is 19.9. The van der Waals surface area contributed by atoms with Crippen LogP contribution in [0.2, 0.25) is 0 Å². The fourth-order valence-corrected chi connectivity index (χ4v) is 12.5. The van der Waals surface area contributed by atoms with E-state index in [-0.39, 0.29) is 5.41 Å². The lowest BCUT2D eigenvalue weighted by Gasteiger charge is -2.30. The Bertz CT molecular complexity index is 3850. The molecule has 2 aliphatic carbocycles. The summed E-state index contributed by atoms with van der Waals surface area (Å²) >= 11 is 0. The van der Waals surface area contributed by atoms with Crippen LogP contribution in [0.3, 0.4) is 0 Å². The zero-order valence-corrected chi connectivity index (χ0v) is 43.8. The molecule has 0 spiro atoms. The standard InChI is InChI=1S/C74H62N2/c1-51-17-15-28-70-73(51)68-46-45-67(50-71(68)74(70,2)3)76(72-49-62-23-14-13-22-61(62)48-69(72)59-20-9-5-10-21-59)66-27-16-24-60(47-66)58-35-33-54(34-36-58)53-29-31-55(32-30-53)57-39-43-65(44-40-57)75(63-25-11-6-12-26-63)64-41-37-56(38-42-64)52-18-7-4-8-19-52/h5-6,9-17,20-50,52H,4,7-8,18-19H2,1-3H3. The molecule has 0 bridgehead atoms. The molecule has 0 heterocycles. The molecule has 11 aromatic carbocycles. The number of hydrogen-bond donors (Lipinski definition) is 0. The van der Waals surface area contributed by atoms with E-state index in [0.29, 0.717) is 5.92 Å². The third-order valence-electron chi connectivity index (χ3n) is 16.6. The van der Waals surface area contributed by atoms with Crippen molar-refractivity contribution in [1.29, 1.82) is 0 Å². The average Bonchev–Trinajstić information content (AvgIpc) is 3.74. The minimum absolute atomic E-state index is 0.147. The Morgan fingerprint density at radius 2 is 0.829 bits per heavy atom. The Morgan fingerprint density at radius 1 is 0.342 bits per heavy atom. The first-order valence-corrected chi connectivity index (χ1v) is 27.3. The fraction of sp³-hybridized carbons (Fsp3) is 0.135. The highest BCUT2D eigenvalue weighted by Crippen LogP contribution is 2.53. The third-order valence-corrected chi connectivity index (χ3v) is 16.6. The van der Waals surface area contributed by atoms with E-state index in [2.05, 4.69) is 285 Å². The van der Waals surface area contributed by atoms with E-state index < -0.39 is 0 Å². The molecule has 0 atom stereocenters. The van der Waals surface area contributed by atoms with Crippen LogP contribution in [-0.4, -0.2) is 0 Å². The van der Waals surface area contributed by atoms with Crippen LogP contribution < -0.4 is 9.80 Å². The first-order chi connectivity index (χ1) is 37.3. The van der Waals surface area contributed by atoms with Crippen LogP contribution in [0.1, 0.15) is 74.1 Å². The van der Waals surface area contributed by atoms with Gasteiger partial charge in [0.1, 0.15) is 0 Å². The Balaban J connectivity index is 0.803.